The number of nitrogens with one attached hydrogen (secondary N) is 1. The van der Waals surface area contributed by atoms with Gasteiger partial charge in [-0.15, -0.1) is 0 Å². The van der Waals surface area contributed by atoms with Crippen LogP contribution in [0.3, 0.4) is 0 Å². The standard InChI is InChI=1S/C15H12F3N3/c16-10-3-1-2-4-13(10)19-5-6-21-9-20-14-7-11(17)12(18)8-15(14)21/h1-4,7-9,19H,5-6H2. The lowest BCUT2D eigenvalue weighted by Crippen LogP contribution is -2.10. The van der Waals surface area contributed by atoms with Crippen molar-refractivity contribution in [3.63, 3.8) is 0 Å². The highest BCUT2D eigenvalue weighted by molar-refractivity contribution is 5.75. The lowest BCUT2D eigenvalue weighted by Gasteiger charge is -2.08. The second-order valence-electron chi connectivity index (χ2n) is 4.60. The first-order chi connectivity index (χ1) is 10.1. The Morgan fingerprint density at radius 2 is 1.76 bits per heavy atom. The SMILES string of the molecule is Fc1cc2ncn(CCNc3ccccc3F)c2cc1F. The summed E-state index contributed by atoms with van der Waals surface area (Å²) in [4.78, 5) is 4.02. The molecule has 21 heavy (non-hydrogen) atoms. The molecule has 1 N–H and O–H groups in total. The predicted molar refractivity (Wildman–Crippen MR) is 74.5 cm³/mol. The van der Waals surface area contributed by atoms with Crippen molar-refractivity contribution < 1.29 is 13.2 Å². The van der Waals surface area contributed by atoms with Gasteiger partial charge in [0.15, 0.2) is 11.6 Å². The van der Waals surface area contributed by atoms with E-state index in [1.807, 2.05) is 0 Å². The molecule has 0 atom stereocenters. The highest BCUT2D eigenvalue weighted by atomic mass is 19.2. The van der Waals surface area contributed by atoms with Crippen molar-refractivity contribution in [1.82, 2.24) is 9.55 Å². The van der Waals surface area contributed by atoms with Gasteiger partial charge in [-0.3, -0.25) is 0 Å². The van der Waals surface area contributed by atoms with Crippen LogP contribution in [0.15, 0.2) is 42.7 Å². The average molecular weight is 291 g/mol. The number of nitrogens with zero attached hydrogens (tertiary/aromatic N) is 2. The number of aromatic nitrogens is 2. The first kappa shape index (κ1) is 13.5. The highest BCUT2D eigenvalue weighted by Gasteiger charge is 2.09. The Morgan fingerprint density at radius 3 is 2.57 bits per heavy atom. The van der Waals surface area contributed by atoms with Crippen LogP contribution in [0.2, 0.25) is 0 Å². The lowest BCUT2D eigenvalue weighted by atomic mass is 10.3. The van der Waals surface area contributed by atoms with Crippen molar-refractivity contribution in [2.45, 2.75) is 6.54 Å². The highest BCUT2D eigenvalue weighted by Crippen LogP contribution is 2.17. The minimum absolute atomic E-state index is 0.332. The largest absolute Gasteiger partial charge is 0.381 e. The van der Waals surface area contributed by atoms with Crippen LogP contribution in [0.1, 0.15) is 0 Å². The minimum atomic E-state index is -0.919. The molecule has 3 rings (SSSR count). The lowest BCUT2D eigenvalue weighted by molar-refractivity contribution is 0.510. The van der Waals surface area contributed by atoms with E-state index in [1.165, 1.54) is 12.4 Å². The third-order valence-electron chi connectivity index (χ3n) is 3.21. The van der Waals surface area contributed by atoms with Crippen LogP contribution < -0.4 is 5.32 Å². The van der Waals surface area contributed by atoms with E-state index in [9.17, 15) is 13.2 Å². The molecular weight excluding hydrogens is 279 g/mol. The zero-order valence-corrected chi connectivity index (χ0v) is 11.0. The smallest absolute Gasteiger partial charge is 0.161 e. The van der Waals surface area contributed by atoms with E-state index in [-0.39, 0.29) is 5.82 Å². The molecule has 6 heteroatoms. The Bertz CT molecular complexity index is 783. The monoisotopic (exact) mass is 291 g/mol. The van der Waals surface area contributed by atoms with Crippen molar-refractivity contribution in [2.24, 2.45) is 0 Å². The third-order valence-corrected chi connectivity index (χ3v) is 3.21. The first-order valence-corrected chi connectivity index (χ1v) is 6.43. The van der Waals surface area contributed by atoms with E-state index in [0.717, 1.165) is 12.1 Å². The number of anilines is 1. The fourth-order valence-corrected chi connectivity index (χ4v) is 2.15. The van der Waals surface area contributed by atoms with Gasteiger partial charge in [-0.1, -0.05) is 12.1 Å². The number of benzene rings is 2. The number of para-hydroxylation sites is 1. The topological polar surface area (TPSA) is 29.9 Å². The van der Waals surface area contributed by atoms with E-state index in [2.05, 4.69) is 10.3 Å². The molecule has 0 radical (unpaired) electrons. The van der Waals surface area contributed by atoms with Gasteiger partial charge in [0.25, 0.3) is 0 Å². The Kier molecular flexibility index (Phi) is 3.51. The molecule has 0 bridgehead atoms. The van der Waals surface area contributed by atoms with Gasteiger partial charge in [-0.05, 0) is 12.1 Å². The molecule has 0 spiro atoms. The summed E-state index contributed by atoms with van der Waals surface area (Å²) in [5.74, 6) is -2.16. The third kappa shape index (κ3) is 2.69. The van der Waals surface area contributed by atoms with Crippen LogP contribution in [-0.4, -0.2) is 16.1 Å². The molecule has 0 unspecified atom stereocenters. The van der Waals surface area contributed by atoms with Gasteiger partial charge in [0.05, 0.1) is 23.0 Å². The van der Waals surface area contributed by atoms with Crippen LogP contribution in [0.25, 0.3) is 11.0 Å². The molecule has 0 aliphatic carbocycles. The van der Waals surface area contributed by atoms with Crippen LogP contribution in [0.4, 0.5) is 18.9 Å². The quantitative estimate of drug-likeness (QED) is 0.796. The normalized spacial score (nSPS) is 11.0. The van der Waals surface area contributed by atoms with E-state index >= 15 is 0 Å². The molecule has 1 aromatic heterocycles. The molecule has 0 saturated carbocycles. The molecule has 3 aromatic rings. The molecule has 0 aliphatic rings. The van der Waals surface area contributed by atoms with Gasteiger partial charge in [0.1, 0.15) is 5.82 Å². The molecule has 0 aliphatic heterocycles. The molecule has 0 amide bonds. The van der Waals surface area contributed by atoms with Crippen LogP contribution in [0, 0.1) is 17.5 Å². The van der Waals surface area contributed by atoms with Gasteiger partial charge in [-0.2, -0.15) is 0 Å². The Labute approximate surface area is 119 Å². The number of hydrogen-bond acceptors (Lipinski definition) is 2. The fourth-order valence-electron chi connectivity index (χ4n) is 2.15. The summed E-state index contributed by atoms with van der Waals surface area (Å²) in [6, 6.07) is 8.52. The van der Waals surface area contributed by atoms with E-state index in [1.54, 1.807) is 22.8 Å². The van der Waals surface area contributed by atoms with Gasteiger partial charge in [-0.25, -0.2) is 18.2 Å². The minimum Gasteiger partial charge on any atom is -0.381 e. The van der Waals surface area contributed by atoms with Gasteiger partial charge in [0, 0.05) is 25.2 Å². The van der Waals surface area contributed by atoms with Crippen LogP contribution in [-0.2, 0) is 6.54 Å². The van der Waals surface area contributed by atoms with Gasteiger partial charge in [0.2, 0.25) is 0 Å². The summed E-state index contributed by atoms with van der Waals surface area (Å²) in [5, 5.41) is 2.95. The van der Waals surface area contributed by atoms with Crippen LogP contribution in [0.5, 0.6) is 0 Å². The average Bonchev–Trinajstić information content (AvgIpc) is 2.84. The maximum absolute atomic E-state index is 13.4. The molecule has 1 heterocycles. The van der Waals surface area contributed by atoms with Crippen molar-refractivity contribution in [3.05, 3.63) is 60.2 Å². The molecule has 2 aromatic carbocycles. The summed E-state index contributed by atoms with van der Waals surface area (Å²) in [7, 11) is 0. The van der Waals surface area contributed by atoms with Gasteiger partial charge >= 0.3 is 0 Å². The van der Waals surface area contributed by atoms with Crippen LogP contribution >= 0.6 is 0 Å². The number of halogens is 3. The van der Waals surface area contributed by atoms with Crippen molar-refractivity contribution >= 4 is 16.7 Å². The second kappa shape index (κ2) is 5.47. The molecule has 0 fully saturated rings. The Hall–Kier alpha value is -2.50. The zero-order valence-electron chi connectivity index (χ0n) is 11.0. The summed E-state index contributed by atoms with van der Waals surface area (Å²) in [5.41, 5.74) is 1.29. The number of hydrogen-bond donors (Lipinski definition) is 1. The predicted octanol–water partition coefficient (Wildman–Crippen LogP) is 3.57. The first-order valence-electron chi connectivity index (χ1n) is 6.43. The van der Waals surface area contributed by atoms with Crippen molar-refractivity contribution in [3.8, 4) is 0 Å². The Balaban J connectivity index is 1.74. The van der Waals surface area contributed by atoms with E-state index in [0.29, 0.717) is 29.8 Å². The molecular formula is C15H12F3N3. The van der Waals surface area contributed by atoms with E-state index in [4.69, 9.17) is 0 Å². The molecule has 108 valence electrons. The number of rotatable bonds is 4. The van der Waals surface area contributed by atoms with E-state index < -0.39 is 11.6 Å². The summed E-state index contributed by atoms with van der Waals surface area (Å²) in [6.45, 7) is 0.890. The maximum atomic E-state index is 13.4. The Morgan fingerprint density at radius 1 is 1.00 bits per heavy atom. The summed E-state index contributed by atoms with van der Waals surface area (Å²) in [6.07, 6.45) is 1.51. The maximum Gasteiger partial charge on any atom is 0.161 e. The van der Waals surface area contributed by atoms with Gasteiger partial charge < -0.3 is 9.88 Å². The summed E-state index contributed by atoms with van der Waals surface area (Å²) >= 11 is 0. The summed E-state index contributed by atoms with van der Waals surface area (Å²) < 4.78 is 41.5. The second-order valence-corrected chi connectivity index (χ2v) is 4.60. The number of imidazole rings is 1. The van der Waals surface area contributed by atoms with Crippen molar-refractivity contribution in [1.29, 1.82) is 0 Å². The molecule has 3 nitrogen and oxygen atoms in total. The number of fused-ring (bicyclic) bond motifs is 1. The molecule has 0 saturated heterocycles. The fraction of sp³-hybridized carbons (Fsp3) is 0.133. The zero-order chi connectivity index (χ0) is 14.8. The van der Waals surface area contributed by atoms with Crippen molar-refractivity contribution in [2.75, 3.05) is 11.9 Å².